The van der Waals surface area contributed by atoms with E-state index in [9.17, 15) is 4.79 Å². The van der Waals surface area contributed by atoms with Gasteiger partial charge in [-0.25, -0.2) is 4.98 Å². The summed E-state index contributed by atoms with van der Waals surface area (Å²) in [4.78, 5) is 16.3. The van der Waals surface area contributed by atoms with Crippen LogP contribution in [0, 0.1) is 5.92 Å². The van der Waals surface area contributed by atoms with E-state index in [4.69, 9.17) is 4.74 Å². The number of nitrogens with one attached hydrogen (secondary N) is 1. The van der Waals surface area contributed by atoms with Crippen molar-refractivity contribution in [2.24, 2.45) is 5.92 Å². The lowest BCUT2D eigenvalue weighted by Crippen LogP contribution is -2.34. The highest BCUT2D eigenvalue weighted by Gasteiger charge is 2.27. The van der Waals surface area contributed by atoms with Crippen LogP contribution in [0.4, 0.5) is 5.95 Å². The van der Waals surface area contributed by atoms with E-state index in [0.717, 1.165) is 17.0 Å². The first-order valence-electron chi connectivity index (χ1n) is 6.15. The molecule has 0 saturated carbocycles. The molecule has 94 valence electrons. The van der Waals surface area contributed by atoms with Gasteiger partial charge in [0.05, 0.1) is 23.6 Å². The number of carbonyl (C=O) groups is 1. The molecule has 1 aromatic heterocycles. The fourth-order valence-corrected chi connectivity index (χ4v) is 2.31. The molecule has 0 saturated heterocycles. The van der Waals surface area contributed by atoms with E-state index in [0.29, 0.717) is 19.7 Å². The van der Waals surface area contributed by atoms with Crippen LogP contribution in [0.3, 0.4) is 0 Å². The molecule has 0 spiro atoms. The Kier molecular flexibility index (Phi) is 2.66. The van der Waals surface area contributed by atoms with Gasteiger partial charge < -0.3 is 14.6 Å². The van der Waals surface area contributed by atoms with Gasteiger partial charge in [-0.1, -0.05) is 12.1 Å². The number of hydrogen-bond donors (Lipinski definition) is 1. The van der Waals surface area contributed by atoms with Crippen molar-refractivity contribution in [1.82, 2.24) is 9.55 Å². The fourth-order valence-electron chi connectivity index (χ4n) is 2.31. The molecular formula is C13H15N3O2. The van der Waals surface area contributed by atoms with E-state index in [2.05, 4.69) is 10.3 Å². The maximum atomic E-state index is 11.8. The number of imidazole rings is 1. The Labute approximate surface area is 105 Å². The normalized spacial score (nSPS) is 18.2. The number of ether oxygens (including phenoxy) is 1. The Hall–Kier alpha value is -2.04. The first-order valence-corrected chi connectivity index (χ1v) is 6.15. The van der Waals surface area contributed by atoms with Gasteiger partial charge in [0.15, 0.2) is 0 Å². The largest absolute Gasteiger partial charge is 0.466 e. The van der Waals surface area contributed by atoms with Gasteiger partial charge in [0.2, 0.25) is 5.95 Å². The van der Waals surface area contributed by atoms with Crippen molar-refractivity contribution in [3.63, 3.8) is 0 Å². The molecule has 5 heteroatoms. The minimum Gasteiger partial charge on any atom is -0.466 e. The van der Waals surface area contributed by atoms with Gasteiger partial charge in [0.1, 0.15) is 0 Å². The topological polar surface area (TPSA) is 56.1 Å². The summed E-state index contributed by atoms with van der Waals surface area (Å²) in [5.41, 5.74) is 2.00. The van der Waals surface area contributed by atoms with Gasteiger partial charge in [-0.15, -0.1) is 0 Å². The predicted molar refractivity (Wildman–Crippen MR) is 68.3 cm³/mol. The molecule has 18 heavy (non-hydrogen) atoms. The van der Waals surface area contributed by atoms with E-state index < -0.39 is 0 Å². The standard InChI is InChI=1S/C13H15N3O2/c1-2-18-12(17)9-7-14-13-15-10-5-3-4-6-11(10)16(13)8-9/h3-6,9H,2,7-8H2,1H3,(H,14,15). The molecule has 1 atom stereocenters. The fraction of sp³-hybridized carbons (Fsp3) is 0.385. The number of rotatable bonds is 2. The van der Waals surface area contributed by atoms with Crippen LogP contribution in [0.15, 0.2) is 24.3 Å². The molecule has 2 heterocycles. The summed E-state index contributed by atoms with van der Waals surface area (Å²) in [6.45, 7) is 3.46. The van der Waals surface area contributed by atoms with Crippen LogP contribution in [0.2, 0.25) is 0 Å². The van der Waals surface area contributed by atoms with Crippen molar-refractivity contribution < 1.29 is 9.53 Å². The van der Waals surface area contributed by atoms with E-state index >= 15 is 0 Å². The lowest BCUT2D eigenvalue weighted by Gasteiger charge is -2.23. The van der Waals surface area contributed by atoms with Crippen molar-refractivity contribution in [1.29, 1.82) is 0 Å². The van der Waals surface area contributed by atoms with E-state index in [-0.39, 0.29) is 11.9 Å². The quantitative estimate of drug-likeness (QED) is 0.817. The van der Waals surface area contributed by atoms with Crippen LogP contribution in [0.5, 0.6) is 0 Å². The lowest BCUT2D eigenvalue weighted by atomic mass is 10.1. The zero-order chi connectivity index (χ0) is 12.5. The number of carbonyl (C=O) groups excluding carboxylic acids is 1. The molecule has 1 unspecified atom stereocenters. The zero-order valence-electron chi connectivity index (χ0n) is 10.2. The number of para-hydroxylation sites is 2. The molecular weight excluding hydrogens is 230 g/mol. The molecule has 0 amide bonds. The third-order valence-corrected chi connectivity index (χ3v) is 3.18. The van der Waals surface area contributed by atoms with Crippen molar-refractivity contribution in [2.45, 2.75) is 13.5 Å². The van der Waals surface area contributed by atoms with Crippen LogP contribution in [0.1, 0.15) is 6.92 Å². The van der Waals surface area contributed by atoms with Crippen molar-refractivity contribution in [2.75, 3.05) is 18.5 Å². The maximum Gasteiger partial charge on any atom is 0.312 e. The summed E-state index contributed by atoms with van der Waals surface area (Å²) >= 11 is 0. The Morgan fingerprint density at radius 2 is 2.39 bits per heavy atom. The summed E-state index contributed by atoms with van der Waals surface area (Å²) in [6, 6.07) is 7.93. The number of esters is 1. The van der Waals surface area contributed by atoms with Gasteiger partial charge in [-0.3, -0.25) is 4.79 Å². The third kappa shape index (κ3) is 1.72. The highest BCUT2D eigenvalue weighted by molar-refractivity contribution is 5.80. The lowest BCUT2D eigenvalue weighted by molar-refractivity contribution is -0.148. The summed E-state index contributed by atoms with van der Waals surface area (Å²) in [5, 5.41) is 3.19. The minimum atomic E-state index is -0.145. The number of hydrogen-bond acceptors (Lipinski definition) is 4. The summed E-state index contributed by atoms with van der Waals surface area (Å²) in [6.07, 6.45) is 0. The molecule has 0 bridgehead atoms. The SMILES string of the molecule is CCOC(=O)C1CNc2nc3ccccc3n2C1. The number of benzene rings is 1. The molecule has 3 rings (SSSR count). The second-order valence-electron chi connectivity index (χ2n) is 4.36. The van der Waals surface area contributed by atoms with Gasteiger partial charge in [-0.2, -0.15) is 0 Å². The molecule has 0 radical (unpaired) electrons. The minimum absolute atomic E-state index is 0.143. The highest BCUT2D eigenvalue weighted by Crippen LogP contribution is 2.24. The van der Waals surface area contributed by atoms with E-state index in [1.807, 2.05) is 35.8 Å². The zero-order valence-corrected chi connectivity index (χ0v) is 10.2. The first kappa shape index (κ1) is 11.1. The average Bonchev–Trinajstić information content (AvgIpc) is 2.76. The Bertz CT molecular complexity index is 591. The predicted octanol–water partition coefficient (Wildman–Crippen LogP) is 1.64. The average molecular weight is 245 g/mol. The van der Waals surface area contributed by atoms with Gasteiger partial charge in [-0.05, 0) is 19.1 Å². The van der Waals surface area contributed by atoms with Crippen LogP contribution < -0.4 is 5.32 Å². The first-order chi connectivity index (χ1) is 8.79. The molecule has 5 nitrogen and oxygen atoms in total. The van der Waals surface area contributed by atoms with Gasteiger partial charge in [0.25, 0.3) is 0 Å². The second-order valence-corrected chi connectivity index (χ2v) is 4.36. The summed E-state index contributed by atoms with van der Waals surface area (Å²) < 4.78 is 7.11. The molecule has 1 aliphatic rings. The molecule has 2 aromatic rings. The molecule has 0 aliphatic carbocycles. The third-order valence-electron chi connectivity index (χ3n) is 3.18. The molecule has 1 aromatic carbocycles. The number of nitrogens with zero attached hydrogens (tertiary/aromatic N) is 2. The van der Waals surface area contributed by atoms with E-state index in [1.54, 1.807) is 0 Å². The highest BCUT2D eigenvalue weighted by atomic mass is 16.5. The second kappa shape index (κ2) is 4.33. The van der Waals surface area contributed by atoms with Crippen LogP contribution in [-0.4, -0.2) is 28.7 Å². The van der Waals surface area contributed by atoms with Crippen LogP contribution in [-0.2, 0) is 16.1 Å². The molecule has 1 N–H and O–H groups in total. The summed E-state index contributed by atoms with van der Waals surface area (Å²) in [5.74, 6) is 0.542. The summed E-state index contributed by atoms with van der Waals surface area (Å²) in [7, 11) is 0. The Morgan fingerprint density at radius 1 is 1.56 bits per heavy atom. The number of anilines is 1. The van der Waals surface area contributed by atoms with Crippen molar-refractivity contribution in [3.05, 3.63) is 24.3 Å². The van der Waals surface area contributed by atoms with Crippen molar-refractivity contribution >= 4 is 23.0 Å². The Morgan fingerprint density at radius 3 is 3.22 bits per heavy atom. The van der Waals surface area contributed by atoms with Crippen molar-refractivity contribution in [3.8, 4) is 0 Å². The Balaban J connectivity index is 1.94. The molecule has 1 aliphatic heterocycles. The van der Waals surface area contributed by atoms with E-state index in [1.165, 1.54) is 0 Å². The number of aromatic nitrogens is 2. The molecule has 0 fully saturated rings. The number of fused-ring (bicyclic) bond motifs is 3. The van der Waals surface area contributed by atoms with Crippen LogP contribution >= 0.6 is 0 Å². The van der Waals surface area contributed by atoms with Gasteiger partial charge in [0, 0.05) is 13.1 Å². The van der Waals surface area contributed by atoms with Crippen LogP contribution in [0.25, 0.3) is 11.0 Å². The smallest absolute Gasteiger partial charge is 0.312 e. The van der Waals surface area contributed by atoms with Gasteiger partial charge >= 0.3 is 5.97 Å². The monoisotopic (exact) mass is 245 g/mol. The maximum absolute atomic E-state index is 11.8.